The number of nitrogens with zero attached hydrogens (tertiary/aromatic N) is 4. The molecule has 1 heterocycles. The summed E-state index contributed by atoms with van der Waals surface area (Å²) in [7, 11) is 0. The van der Waals surface area contributed by atoms with Gasteiger partial charge in [0.25, 0.3) is 0 Å². The third-order valence-electron chi connectivity index (χ3n) is 2.47. The Labute approximate surface area is 113 Å². The van der Waals surface area contributed by atoms with Crippen LogP contribution in [0.5, 0.6) is 0 Å². The molecule has 1 aromatic carbocycles. The molecule has 0 N–H and O–H groups in total. The molecule has 0 saturated carbocycles. The van der Waals surface area contributed by atoms with Crippen molar-refractivity contribution in [1.82, 2.24) is 20.2 Å². The van der Waals surface area contributed by atoms with Crippen molar-refractivity contribution < 1.29 is 18.3 Å². The highest BCUT2D eigenvalue weighted by Gasteiger charge is 2.13. The number of hydrogen-bond acceptors (Lipinski definition) is 5. The number of rotatable bonds is 5. The van der Waals surface area contributed by atoms with Crippen LogP contribution in [0.2, 0.25) is 0 Å². The second-order valence-electron chi connectivity index (χ2n) is 4.05. The van der Waals surface area contributed by atoms with Gasteiger partial charge in [0.05, 0.1) is 5.56 Å². The molecule has 0 aliphatic heterocycles. The highest BCUT2D eigenvalue weighted by atomic mass is 19.1. The Hall–Kier alpha value is -2.38. The summed E-state index contributed by atoms with van der Waals surface area (Å²) in [5.41, 5.74) is -0.197. The molecular formula is C12H12F2N4O2. The minimum absolute atomic E-state index is 0.163. The van der Waals surface area contributed by atoms with Crippen molar-refractivity contribution in [3.63, 3.8) is 0 Å². The van der Waals surface area contributed by atoms with Crippen LogP contribution in [0, 0.1) is 11.6 Å². The molecule has 0 radical (unpaired) electrons. The van der Waals surface area contributed by atoms with Gasteiger partial charge in [-0.05, 0) is 29.0 Å². The standard InChI is InChI=1S/C12H12F2N4O2/c1-2-3-18-11(15-16-17-18)7-20-12(19)8-4-9(13)6-10(14)5-8/h4-6H,2-3,7H2,1H3. The maximum absolute atomic E-state index is 13.0. The first-order chi connectivity index (χ1) is 9.60. The lowest BCUT2D eigenvalue weighted by Gasteiger charge is -2.05. The van der Waals surface area contributed by atoms with E-state index in [9.17, 15) is 13.6 Å². The number of carbonyl (C=O) groups is 1. The van der Waals surface area contributed by atoms with Gasteiger partial charge < -0.3 is 4.74 Å². The molecule has 2 rings (SSSR count). The molecule has 20 heavy (non-hydrogen) atoms. The van der Waals surface area contributed by atoms with E-state index in [-0.39, 0.29) is 12.2 Å². The first kappa shape index (κ1) is 14.0. The third-order valence-corrected chi connectivity index (χ3v) is 2.47. The molecule has 0 amide bonds. The fourth-order valence-corrected chi connectivity index (χ4v) is 1.60. The number of aromatic nitrogens is 4. The first-order valence-corrected chi connectivity index (χ1v) is 5.98. The van der Waals surface area contributed by atoms with Crippen LogP contribution in [0.15, 0.2) is 18.2 Å². The number of tetrazole rings is 1. The third kappa shape index (κ3) is 3.34. The lowest BCUT2D eigenvalue weighted by molar-refractivity contribution is 0.0455. The van der Waals surface area contributed by atoms with E-state index in [4.69, 9.17) is 4.74 Å². The molecular weight excluding hydrogens is 270 g/mol. The summed E-state index contributed by atoms with van der Waals surface area (Å²) in [6.07, 6.45) is 0.821. The largest absolute Gasteiger partial charge is 0.454 e. The first-order valence-electron chi connectivity index (χ1n) is 5.98. The number of aryl methyl sites for hydroxylation is 1. The second kappa shape index (κ2) is 6.18. The molecule has 6 nitrogen and oxygen atoms in total. The molecule has 0 aliphatic carbocycles. The summed E-state index contributed by atoms with van der Waals surface area (Å²) in [4.78, 5) is 11.7. The minimum atomic E-state index is -0.840. The summed E-state index contributed by atoms with van der Waals surface area (Å²) in [6, 6.07) is 2.49. The average Bonchev–Trinajstić information content (AvgIpc) is 2.83. The maximum atomic E-state index is 13.0. The molecule has 0 unspecified atom stereocenters. The lowest BCUT2D eigenvalue weighted by atomic mass is 10.2. The van der Waals surface area contributed by atoms with Crippen molar-refractivity contribution in [3.8, 4) is 0 Å². The van der Waals surface area contributed by atoms with Gasteiger partial charge in [0.2, 0.25) is 0 Å². The monoisotopic (exact) mass is 282 g/mol. The molecule has 2 aromatic rings. The van der Waals surface area contributed by atoms with Crippen molar-refractivity contribution in [1.29, 1.82) is 0 Å². The minimum Gasteiger partial charge on any atom is -0.454 e. The number of carbonyl (C=O) groups excluding carboxylic acids is 1. The Bertz CT molecular complexity index is 595. The SMILES string of the molecule is CCCn1nnnc1COC(=O)c1cc(F)cc(F)c1. The quantitative estimate of drug-likeness (QED) is 0.781. The number of hydrogen-bond donors (Lipinski definition) is 0. The van der Waals surface area contributed by atoms with E-state index < -0.39 is 17.6 Å². The Kier molecular flexibility index (Phi) is 4.34. The van der Waals surface area contributed by atoms with Gasteiger partial charge in [-0.1, -0.05) is 6.92 Å². The maximum Gasteiger partial charge on any atom is 0.338 e. The highest BCUT2D eigenvalue weighted by molar-refractivity contribution is 5.89. The van der Waals surface area contributed by atoms with Crippen LogP contribution in [0.1, 0.15) is 29.5 Å². The van der Waals surface area contributed by atoms with Crippen LogP contribution in [-0.2, 0) is 17.9 Å². The van der Waals surface area contributed by atoms with Gasteiger partial charge in [0.15, 0.2) is 12.4 Å². The molecule has 0 saturated heterocycles. The fourth-order valence-electron chi connectivity index (χ4n) is 1.60. The Morgan fingerprint density at radius 2 is 2.00 bits per heavy atom. The number of benzene rings is 1. The molecule has 0 aliphatic rings. The van der Waals surface area contributed by atoms with Gasteiger partial charge in [-0.2, -0.15) is 0 Å². The van der Waals surface area contributed by atoms with Crippen LogP contribution in [0.25, 0.3) is 0 Å². The Morgan fingerprint density at radius 3 is 2.65 bits per heavy atom. The normalized spacial score (nSPS) is 10.6. The predicted octanol–water partition coefficient (Wildman–Crippen LogP) is 1.72. The van der Waals surface area contributed by atoms with E-state index in [1.165, 1.54) is 4.68 Å². The van der Waals surface area contributed by atoms with E-state index in [1.54, 1.807) is 0 Å². The van der Waals surface area contributed by atoms with Gasteiger partial charge in [0, 0.05) is 12.6 Å². The zero-order chi connectivity index (χ0) is 14.5. The van der Waals surface area contributed by atoms with Crippen LogP contribution in [-0.4, -0.2) is 26.2 Å². The van der Waals surface area contributed by atoms with Crippen molar-refractivity contribution in [2.45, 2.75) is 26.5 Å². The van der Waals surface area contributed by atoms with Crippen LogP contribution in [0.4, 0.5) is 8.78 Å². The summed E-state index contributed by atoms with van der Waals surface area (Å²) in [5, 5.41) is 10.9. The Morgan fingerprint density at radius 1 is 1.30 bits per heavy atom. The van der Waals surface area contributed by atoms with Crippen molar-refractivity contribution in [2.24, 2.45) is 0 Å². The summed E-state index contributed by atoms with van der Waals surface area (Å²) < 4.78 is 32.4. The van der Waals surface area contributed by atoms with Crippen LogP contribution in [0.3, 0.4) is 0 Å². The Balaban J connectivity index is 2.03. The van der Waals surface area contributed by atoms with Gasteiger partial charge >= 0.3 is 5.97 Å². The van der Waals surface area contributed by atoms with Gasteiger partial charge in [-0.25, -0.2) is 18.3 Å². The second-order valence-corrected chi connectivity index (χ2v) is 4.05. The number of ether oxygens (including phenoxy) is 1. The summed E-state index contributed by atoms with van der Waals surface area (Å²) in [5.74, 6) is -2.15. The summed E-state index contributed by atoms with van der Waals surface area (Å²) >= 11 is 0. The van der Waals surface area contributed by atoms with E-state index in [0.29, 0.717) is 18.4 Å². The average molecular weight is 282 g/mol. The molecule has 1 aromatic heterocycles. The molecule has 0 fully saturated rings. The fraction of sp³-hybridized carbons (Fsp3) is 0.333. The van der Waals surface area contributed by atoms with E-state index >= 15 is 0 Å². The van der Waals surface area contributed by atoms with Crippen molar-refractivity contribution in [2.75, 3.05) is 0 Å². The van der Waals surface area contributed by atoms with Gasteiger partial charge in [-0.15, -0.1) is 5.10 Å². The number of halogens is 2. The zero-order valence-electron chi connectivity index (χ0n) is 10.7. The van der Waals surface area contributed by atoms with Crippen molar-refractivity contribution >= 4 is 5.97 Å². The predicted molar refractivity (Wildman–Crippen MR) is 63.6 cm³/mol. The molecule has 0 bridgehead atoms. The van der Waals surface area contributed by atoms with Gasteiger partial charge in [-0.3, -0.25) is 0 Å². The zero-order valence-corrected chi connectivity index (χ0v) is 10.7. The smallest absolute Gasteiger partial charge is 0.338 e. The molecule has 0 atom stereocenters. The van der Waals surface area contributed by atoms with E-state index in [2.05, 4.69) is 15.5 Å². The van der Waals surface area contributed by atoms with Crippen molar-refractivity contribution in [3.05, 3.63) is 41.2 Å². The van der Waals surface area contributed by atoms with E-state index in [1.807, 2.05) is 6.92 Å². The van der Waals surface area contributed by atoms with Crippen LogP contribution < -0.4 is 0 Å². The molecule has 8 heteroatoms. The molecule has 0 spiro atoms. The highest BCUT2D eigenvalue weighted by Crippen LogP contribution is 2.10. The van der Waals surface area contributed by atoms with E-state index in [0.717, 1.165) is 18.6 Å². The molecule has 106 valence electrons. The lowest BCUT2D eigenvalue weighted by Crippen LogP contribution is -2.11. The summed E-state index contributed by atoms with van der Waals surface area (Å²) in [6.45, 7) is 2.38. The van der Waals surface area contributed by atoms with Gasteiger partial charge in [0.1, 0.15) is 11.6 Å². The van der Waals surface area contributed by atoms with Crippen LogP contribution >= 0.6 is 0 Å². The number of esters is 1. The topological polar surface area (TPSA) is 69.9 Å².